The lowest BCUT2D eigenvalue weighted by atomic mass is 9.99. The van der Waals surface area contributed by atoms with Gasteiger partial charge in [-0.15, -0.1) is 11.3 Å². The van der Waals surface area contributed by atoms with E-state index in [1.165, 1.54) is 11.3 Å². The maximum Gasteiger partial charge on any atom is 0.271 e. The lowest BCUT2D eigenvalue weighted by Crippen LogP contribution is -2.49. The SMILES string of the molecule is COCc1nc(C(=O)NC2(CO)CCCC2)cs1. The predicted octanol–water partition coefficient (Wildman–Crippen LogP) is 1.32. The minimum absolute atomic E-state index is 0.00615. The molecule has 2 rings (SSSR count). The number of nitrogens with one attached hydrogen (secondary N) is 1. The van der Waals surface area contributed by atoms with E-state index in [1.807, 2.05) is 0 Å². The van der Waals surface area contributed by atoms with Gasteiger partial charge < -0.3 is 15.2 Å². The highest BCUT2D eigenvalue weighted by Gasteiger charge is 2.35. The summed E-state index contributed by atoms with van der Waals surface area (Å²) in [4.78, 5) is 16.3. The highest BCUT2D eigenvalue weighted by Crippen LogP contribution is 2.29. The molecule has 6 heteroatoms. The Kier molecular flexibility index (Phi) is 4.31. The number of carbonyl (C=O) groups excluding carboxylic acids is 1. The summed E-state index contributed by atoms with van der Waals surface area (Å²) in [6.07, 6.45) is 3.77. The summed E-state index contributed by atoms with van der Waals surface area (Å²) in [6, 6.07) is 0. The third kappa shape index (κ3) is 2.88. The molecule has 1 heterocycles. The molecule has 1 aromatic rings. The van der Waals surface area contributed by atoms with Crippen molar-refractivity contribution in [2.45, 2.75) is 37.8 Å². The molecular formula is C12H18N2O3S. The Bertz CT molecular complexity index is 413. The van der Waals surface area contributed by atoms with Crippen LogP contribution in [0.15, 0.2) is 5.38 Å². The molecule has 18 heavy (non-hydrogen) atoms. The van der Waals surface area contributed by atoms with E-state index in [0.717, 1.165) is 30.7 Å². The largest absolute Gasteiger partial charge is 0.394 e. The van der Waals surface area contributed by atoms with Crippen molar-refractivity contribution in [3.63, 3.8) is 0 Å². The molecule has 100 valence electrons. The van der Waals surface area contributed by atoms with Crippen molar-refractivity contribution in [3.05, 3.63) is 16.1 Å². The van der Waals surface area contributed by atoms with Crippen molar-refractivity contribution in [3.8, 4) is 0 Å². The topological polar surface area (TPSA) is 71.5 Å². The quantitative estimate of drug-likeness (QED) is 0.846. The molecule has 0 unspecified atom stereocenters. The Morgan fingerprint density at radius 2 is 2.33 bits per heavy atom. The van der Waals surface area contributed by atoms with Crippen molar-refractivity contribution < 1.29 is 14.6 Å². The predicted molar refractivity (Wildman–Crippen MR) is 68.6 cm³/mol. The molecule has 1 aliphatic carbocycles. The Labute approximate surface area is 110 Å². The first-order chi connectivity index (χ1) is 8.69. The van der Waals surface area contributed by atoms with Gasteiger partial charge in [-0.05, 0) is 12.8 Å². The van der Waals surface area contributed by atoms with Crippen LogP contribution in [0.25, 0.3) is 0 Å². The van der Waals surface area contributed by atoms with Crippen LogP contribution in [0.3, 0.4) is 0 Å². The minimum atomic E-state index is -0.442. The van der Waals surface area contributed by atoms with Crippen LogP contribution < -0.4 is 5.32 Å². The van der Waals surface area contributed by atoms with Gasteiger partial charge in [0, 0.05) is 12.5 Å². The fourth-order valence-corrected chi connectivity index (χ4v) is 3.03. The van der Waals surface area contributed by atoms with Gasteiger partial charge >= 0.3 is 0 Å². The molecule has 2 N–H and O–H groups in total. The second-order valence-electron chi connectivity index (χ2n) is 4.66. The highest BCUT2D eigenvalue weighted by molar-refractivity contribution is 7.09. The van der Waals surface area contributed by atoms with E-state index in [2.05, 4.69) is 10.3 Å². The monoisotopic (exact) mass is 270 g/mol. The molecule has 0 bridgehead atoms. The van der Waals surface area contributed by atoms with E-state index in [0.29, 0.717) is 12.3 Å². The molecule has 1 aromatic heterocycles. The Morgan fingerprint density at radius 1 is 1.61 bits per heavy atom. The average molecular weight is 270 g/mol. The smallest absolute Gasteiger partial charge is 0.271 e. The van der Waals surface area contributed by atoms with Crippen LogP contribution in [0.4, 0.5) is 0 Å². The van der Waals surface area contributed by atoms with E-state index in [9.17, 15) is 9.90 Å². The van der Waals surface area contributed by atoms with Gasteiger partial charge in [-0.1, -0.05) is 12.8 Å². The van der Waals surface area contributed by atoms with Gasteiger partial charge in [-0.2, -0.15) is 0 Å². The molecule has 0 atom stereocenters. The fraction of sp³-hybridized carbons (Fsp3) is 0.667. The lowest BCUT2D eigenvalue weighted by molar-refractivity contribution is 0.0833. The third-order valence-electron chi connectivity index (χ3n) is 3.29. The van der Waals surface area contributed by atoms with Crippen molar-refractivity contribution in [1.29, 1.82) is 0 Å². The number of methoxy groups -OCH3 is 1. The number of aliphatic hydroxyl groups excluding tert-OH is 1. The van der Waals surface area contributed by atoms with Crippen molar-refractivity contribution in [1.82, 2.24) is 10.3 Å². The molecule has 1 amide bonds. The minimum Gasteiger partial charge on any atom is -0.394 e. The summed E-state index contributed by atoms with van der Waals surface area (Å²) in [5, 5.41) is 14.9. The zero-order valence-electron chi connectivity index (χ0n) is 10.4. The van der Waals surface area contributed by atoms with E-state index in [-0.39, 0.29) is 12.5 Å². The summed E-state index contributed by atoms with van der Waals surface area (Å²) in [5.41, 5.74) is -0.0333. The highest BCUT2D eigenvalue weighted by atomic mass is 32.1. The van der Waals surface area contributed by atoms with Crippen LogP contribution >= 0.6 is 11.3 Å². The first-order valence-corrected chi connectivity index (χ1v) is 6.94. The second kappa shape index (κ2) is 5.77. The number of rotatable bonds is 5. The van der Waals surface area contributed by atoms with Gasteiger partial charge in [0.25, 0.3) is 5.91 Å². The van der Waals surface area contributed by atoms with Gasteiger partial charge in [0.1, 0.15) is 10.7 Å². The zero-order chi connectivity index (χ0) is 13.0. The van der Waals surface area contributed by atoms with E-state index in [4.69, 9.17) is 4.74 Å². The molecule has 0 saturated heterocycles. The van der Waals surface area contributed by atoms with Crippen LogP contribution in [0.1, 0.15) is 41.2 Å². The number of aromatic nitrogens is 1. The molecule has 0 aliphatic heterocycles. The van der Waals surface area contributed by atoms with Crippen LogP contribution in [0, 0.1) is 0 Å². The summed E-state index contributed by atoms with van der Waals surface area (Å²) in [7, 11) is 1.60. The van der Waals surface area contributed by atoms with Crippen LogP contribution in [0.2, 0.25) is 0 Å². The number of thiazole rings is 1. The third-order valence-corrected chi connectivity index (χ3v) is 4.12. The lowest BCUT2D eigenvalue weighted by Gasteiger charge is -2.27. The standard InChI is InChI=1S/C12H18N2O3S/c1-17-6-10-13-9(7-18-10)11(16)14-12(8-15)4-2-3-5-12/h7,15H,2-6,8H2,1H3,(H,14,16). The molecule has 5 nitrogen and oxygen atoms in total. The molecule has 0 spiro atoms. The summed E-state index contributed by atoms with van der Waals surface area (Å²) in [5.74, 6) is -0.204. The first kappa shape index (κ1) is 13.5. The van der Waals surface area contributed by atoms with Crippen molar-refractivity contribution in [2.24, 2.45) is 0 Å². The molecule has 1 saturated carbocycles. The zero-order valence-corrected chi connectivity index (χ0v) is 11.3. The van der Waals surface area contributed by atoms with Gasteiger partial charge in [0.15, 0.2) is 0 Å². The van der Waals surface area contributed by atoms with Crippen LogP contribution in [-0.4, -0.2) is 35.3 Å². The average Bonchev–Trinajstić information content (AvgIpc) is 2.99. The molecule has 0 radical (unpaired) electrons. The summed E-state index contributed by atoms with van der Waals surface area (Å²) < 4.78 is 4.97. The number of carbonyl (C=O) groups is 1. The maximum absolute atomic E-state index is 12.1. The number of hydrogen-bond donors (Lipinski definition) is 2. The van der Waals surface area contributed by atoms with Crippen molar-refractivity contribution in [2.75, 3.05) is 13.7 Å². The normalized spacial score (nSPS) is 17.9. The van der Waals surface area contributed by atoms with E-state index < -0.39 is 5.54 Å². The number of hydrogen-bond acceptors (Lipinski definition) is 5. The van der Waals surface area contributed by atoms with Gasteiger partial charge in [0.05, 0.1) is 18.8 Å². The summed E-state index contributed by atoms with van der Waals surface area (Å²) in [6.45, 7) is 0.414. The maximum atomic E-state index is 12.1. The number of amides is 1. The van der Waals surface area contributed by atoms with Gasteiger partial charge in [-0.25, -0.2) is 4.98 Å². The van der Waals surface area contributed by atoms with Crippen LogP contribution in [-0.2, 0) is 11.3 Å². The van der Waals surface area contributed by atoms with Crippen LogP contribution in [0.5, 0.6) is 0 Å². The Morgan fingerprint density at radius 3 is 2.94 bits per heavy atom. The number of aliphatic hydroxyl groups is 1. The molecule has 1 fully saturated rings. The van der Waals surface area contributed by atoms with Gasteiger partial charge in [0.2, 0.25) is 0 Å². The molecule has 1 aliphatic rings. The van der Waals surface area contributed by atoms with Gasteiger partial charge in [-0.3, -0.25) is 4.79 Å². The number of ether oxygens (including phenoxy) is 1. The van der Waals surface area contributed by atoms with E-state index in [1.54, 1.807) is 12.5 Å². The first-order valence-electron chi connectivity index (χ1n) is 6.06. The summed E-state index contributed by atoms with van der Waals surface area (Å²) >= 11 is 1.41. The Balaban J connectivity index is 2.02. The Hall–Kier alpha value is -0.980. The number of nitrogens with zero attached hydrogens (tertiary/aromatic N) is 1. The van der Waals surface area contributed by atoms with E-state index >= 15 is 0 Å². The molecule has 0 aromatic carbocycles. The fourth-order valence-electron chi connectivity index (χ4n) is 2.28. The second-order valence-corrected chi connectivity index (χ2v) is 5.60. The van der Waals surface area contributed by atoms with Crippen molar-refractivity contribution >= 4 is 17.2 Å². The molecular weight excluding hydrogens is 252 g/mol.